The molecule has 1 aromatic heterocycles. The van der Waals surface area contributed by atoms with E-state index in [0.717, 1.165) is 66.9 Å². The maximum absolute atomic E-state index is 14.7. The van der Waals surface area contributed by atoms with Crippen molar-refractivity contribution in [1.82, 2.24) is 15.1 Å². The summed E-state index contributed by atoms with van der Waals surface area (Å²) in [6.45, 7) is 5.24. The van der Waals surface area contributed by atoms with Crippen LogP contribution in [-0.2, 0) is 11.2 Å². The number of piperazine rings is 1. The Morgan fingerprint density at radius 2 is 1.70 bits per heavy atom. The van der Waals surface area contributed by atoms with Gasteiger partial charge in [0, 0.05) is 62.2 Å². The molecule has 4 aromatic rings. The Morgan fingerprint density at radius 3 is 2.41 bits per heavy atom. The number of amides is 1. The lowest BCUT2D eigenvalue weighted by Crippen LogP contribution is -2.44. The first-order valence-electron chi connectivity index (χ1n) is 15.3. The van der Waals surface area contributed by atoms with E-state index in [1.165, 1.54) is 7.85 Å². The topological polar surface area (TPSA) is 85.5 Å². The van der Waals surface area contributed by atoms with E-state index < -0.39 is 11.6 Å². The zero-order chi connectivity index (χ0) is 31.0. The van der Waals surface area contributed by atoms with E-state index >= 15 is 0 Å². The van der Waals surface area contributed by atoms with Gasteiger partial charge in [0.05, 0.1) is 11.1 Å². The molecule has 3 N–H and O–H groups in total. The standard InChI is InChI=1S/C31H37B3F2N6O2/c1-41-8-10-42(11-9-41)19-3-4-20(24(16-19)37-18-6-12-44-13-7-18)31(43)38-30-21-14-17(2-5-23(21)39-40-30)15-22-25(32)28(35)27(34)29(36)26(22)33/h2-5,14,16,18,37H,6-13,15,32-34H2,1H3,(H2,38,39,40,43). The largest absolute Gasteiger partial charge is 0.381 e. The van der Waals surface area contributed by atoms with Crippen LogP contribution in [0.1, 0.15) is 34.3 Å². The van der Waals surface area contributed by atoms with Gasteiger partial charge in [-0.15, -0.1) is 0 Å². The highest BCUT2D eigenvalue weighted by Crippen LogP contribution is 2.29. The fourth-order valence-electron chi connectivity index (χ4n) is 6.29. The number of hydrogen-bond donors (Lipinski definition) is 3. The minimum atomic E-state index is -0.510. The summed E-state index contributed by atoms with van der Waals surface area (Å²) in [6, 6.07) is 11.9. The van der Waals surface area contributed by atoms with Crippen molar-refractivity contribution in [3.8, 4) is 0 Å². The third-order valence-corrected chi connectivity index (χ3v) is 9.16. The minimum absolute atomic E-state index is 0.0429. The van der Waals surface area contributed by atoms with Gasteiger partial charge in [-0.05, 0) is 67.7 Å². The van der Waals surface area contributed by atoms with Crippen molar-refractivity contribution in [3.05, 3.63) is 64.7 Å². The van der Waals surface area contributed by atoms with Crippen LogP contribution in [0.15, 0.2) is 36.4 Å². The van der Waals surface area contributed by atoms with Gasteiger partial charge in [-0.2, -0.15) is 5.10 Å². The normalized spacial score (nSPS) is 16.4. The summed E-state index contributed by atoms with van der Waals surface area (Å²) in [5.74, 6) is -0.882. The highest BCUT2D eigenvalue weighted by atomic mass is 19.1. The smallest absolute Gasteiger partial charge is 0.258 e. The van der Waals surface area contributed by atoms with Crippen molar-refractivity contribution in [3.63, 3.8) is 0 Å². The lowest BCUT2D eigenvalue weighted by molar-refractivity contribution is 0.0904. The van der Waals surface area contributed by atoms with Crippen LogP contribution in [0.5, 0.6) is 0 Å². The molecule has 2 saturated heterocycles. The van der Waals surface area contributed by atoms with E-state index in [4.69, 9.17) is 4.74 Å². The molecule has 0 spiro atoms. The molecule has 8 nitrogen and oxygen atoms in total. The van der Waals surface area contributed by atoms with Gasteiger partial charge in [0.15, 0.2) is 5.82 Å². The van der Waals surface area contributed by atoms with Crippen molar-refractivity contribution >= 4 is 73.9 Å². The zero-order valence-electron chi connectivity index (χ0n) is 25.8. The van der Waals surface area contributed by atoms with Gasteiger partial charge in [-0.3, -0.25) is 9.89 Å². The molecule has 0 aliphatic carbocycles. The van der Waals surface area contributed by atoms with Crippen LogP contribution in [0.4, 0.5) is 26.0 Å². The molecule has 0 atom stereocenters. The summed E-state index contributed by atoms with van der Waals surface area (Å²) in [5.41, 5.74) is 5.61. The summed E-state index contributed by atoms with van der Waals surface area (Å²) >= 11 is 0. The van der Waals surface area contributed by atoms with Gasteiger partial charge < -0.3 is 25.2 Å². The molecular weight excluding hydrogens is 559 g/mol. The highest BCUT2D eigenvalue weighted by Gasteiger charge is 2.22. The minimum Gasteiger partial charge on any atom is -0.381 e. The zero-order valence-corrected chi connectivity index (χ0v) is 25.8. The highest BCUT2D eigenvalue weighted by molar-refractivity contribution is 6.44. The van der Waals surface area contributed by atoms with Crippen LogP contribution in [0, 0.1) is 11.6 Å². The molecule has 226 valence electrons. The second-order valence-electron chi connectivity index (χ2n) is 12.1. The predicted molar refractivity (Wildman–Crippen MR) is 181 cm³/mol. The number of nitrogens with zero attached hydrogens (tertiary/aromatic N) is 3. The molecule has 0 saturated carbocycles. The Kier molecular flexibility index (Phi) is 8.69. The number of hydrogen-bond acceptors (Lipinski definition) is 6. The quantitative estimate of drug-likeness (QED) is 0.257. The van der Waals surface area contributed by atoms with Crippen LogP contribution in [0.3, 0.4) is 0 Å². The number of aromatic amines is 1. The molecule has 0 unspecified atom stereocenters. The van der Waals surface area contributed by atoms with E-state index in [0.29, 0.717) is 47.5 Å². The first kappa shape index (κ1) is 30.2. The molecule has 44 heavy (non-hydrogen) atoms. The van der Waals surface area contributed by atoms with Crippen LogP contribution in [0.25, 0.3) is 10.9 Å². The number of fused-ring (bicyclic) bond motifs is 1. The number of likely N-dealkylation sites (N-methyl/N-ethyl adjacent to an activating group) is 1. The summed E-state index contributed by atoms with van der Waals surface area (Å²) in [7, 11) is 6.97. The van der Waals surface area contributed by atoms with Crippen molar-refractivity contribution in [2.45, 2.75) is 25.3 Å². The molecule has 3 aromatic carbocycles. The van der Waals surface area contributed by atoms with E-state index in [1.807, 2.05) is 30.3 Å². The average Bonchev–Trinajstić information content (AvgIpc) is 3.43. The van der Waals surface area contributed by atoms with Gasteiger partial charge in [-0.25, -0.2) is 8.78 Å². The number of carbonyl (C=O) groups is 1. The van der Waals surface area contributed by atoms with Gasteiger partial charge in [0.1, 0.15) is 35.2 Å². The van der Waals surface area contributed by atoms with Crippen molar-refractivity contribution in [1.29, 1.82) is 0 Å². The molecule has 13 heteroatoms. The van der Waals surface area contributed by atoms with Crippen LogP contribution < -0.4 is 31.9 Å². The lowest BCUT2D eigenvalue weighted by Gasteiger charge is -2.34. The third kappa shape index (κ3) is 6.08. The van der Waals surface area contributed by atoms with E-state index in [1.54, 1.807) is 15.7 Å². The summed E-state index contributed by atoms with van der Waals surface area (Å²) in [4.78, 5) is 18.5. The average molecular weight is 596 g/mol. The maximum Gasteiger partial charge on any atom is 0.258 e. The Morgan fingerprint density at radius 1 is 1.00 bits per heavy atom. The third-order valence-electron chi connectivity index (χ3n) is 9.16. The number of rotatable bonds is 7. The summed E-state index contributed by atoms with van der Waals surface area (Å²) in [5, 5.41) is 14.8. The first-order valence-corrected chi connectivity index (χ1v) is 15.3. The molecule has 6 rings (SSSR count). The van der Waals surface area contributed by atoms with Gasteiger partial charge in [0.25, 0.3) is 5.91 Å². The molecule has 2 aliphatic rings. The number of anilines is 3. The SMILES string of the molecule is Bc1c(F)c(B)c(Cc2ccc3[nH]nc(NC(=O)c4ccc(N5CCN(C)CC5)cc4NC4CCOCC4)c3c2)c(B)c1F. The fraction of sp³-hybridized carbons (Fsp3) is 0.355. The number of aromatic nitrogens is 2. The van der Waals surface area contributed by atoms with E-state index in [9.17, 15) is 13.6 Å². The number of carbonyl (C=O) groups excluding carboxylic acids is 1. The first-order chi connectivity index (χ1) is 21.2. The Bertz CT molecular complexity index is 1670. The number of ether oxygens (including phenoxy) is 1. The van der Waals surface area contributed by atoms with Crippen molar-refractivity contribution in [2.75, 3.05) is 62.0 Å². The number of halogens is 2. The van der Waals surface area contributed by atoms with E-state index in [-0.39, 0.29) is 17.4 Å². The molecule has 0 radical (unpaired) electrons. The molecule has 2 aliphatic heterocycles. The predicted octanol–water partition coefficient (Wildman–Crippen LogP) is -0.198. The Hall–Kier alpha value is -3.83. The van der Waals surface area contributed by atoms with Crippen LogP contribution in [-0.4, -0.2) is 97.0 Å². The van der Waals surface area contributed by atoms with Gasteiger partial charge >= 0.3 is 0 Å². The number of benzene rings is 3. The van der Waals surface area contributed by atoms with Crippen LogP contribution >= 0.6 is 0 Å². The lowest BCUT2D eigenvalue weighted by atomic mass is 9.73. The number of H-pyrrole nitrogens is 1. The van der Waals surface area contributed by atoms with Crippen molar-refractivity contribution < 1.29 is 18.3 Å². The summed E-state index contributed by atoms with van der Waals surface area (Å²) < 4.78 is 35.0. The van der Waals surface area contributed by atoms with E-state index in [2.05, 4.69) is 43.7 Å². The summed E-state index contributed by atoms with van der Waals surface area (Å²) in [6.07, 6.45) is 2.10. The molecule has 0 bridgehead atoms. The molecular formula is C31H37B3F2N6O2. The molecule has 3 heterocycles. The molecule has 1 amide bonds. The van der Waals surface area contributed by atoms with Crippen molar-refractivity contribution in [2.24, 2.45) is 0 Å². The monoisotopic (exact) mass is 596 g/mol. The second kappa shape index (κ2) is 12.7. The maximum atomic E-state index is 14.7. The van der Waals surface area contributed by atoms with Gasteiger partial charge in [0.2, 0.25) is 0 Å². The fourth-order valence-corrected chi connectivity index (χ4v) is 6.29. The van der Waals surface area contributed by atoms with Gasteiger partial charge in [-0.1, -0.05) is 22.6 Å². The Labute approximate surface area is 259 Å². The van der Waals surface area contributed by atoms with Crippen LogP contribution in [0.2, 0.25) is 0 Å². The second-order valence-corrected chi connectivity index (χ2v) is 12.1. The number of nitrogens with one attached hydrogen (secondary N) is 3. The molecule has 2 fully saturated rings. The Balaban J connectivity index is 1.27.